The number of benzene rings is 2. The average molecular weight is 474 g/mol. The molecule has 34 heavy (non-hydrogen) atoms. The largest absolute Gasteiger partial charge is 0.573 e. The quantitative estimate of drug-likeness (QED) is 0.556. The highest BCUT2D eigenvalue weighted by Crippen LogP contribution is 2.27. The van der Waals surface area contributed by atoms with E-state index in [1.54, 1.807) is 6.07 Å². The molecule has 1 aliphatic heterocycles. The Morgan fingerprint density at radius 1 is 1.18 bits per heavy atom. The maximum Gasteiger partial charge on any atom is 0.573 e. The third-order valence-electron chi connectivity index (χ3n) is 5.41. The van der Waals surface area contributed by atoms with Gasteiger partial charge < -0.3 is 25.0 Å². The summed E-state index contributed by atoms with van der Waals surface area (Å²) >= 11 is 0. The van der Waals surface area contributed by atoms with Gasteiger partial charge in [0, 0.05) is 36.7 Å². The second-order valence-electron chi connectivity index (χ2n) is 8.19. The van der Waals surface area contributed by atoms with E-state index >= 15 is 0 Å². The van der Waals surface area contributed by atoms with Crippen molar-refractivity contribution in [1.82, 2.24) is 10.3 Å². The Morgan fingerprint density at radius 3 is 2.62 bits per heavy atom. The number of aromatic nitrogens is 1. The molecular formula is C24H25F3N4O3. The summed E-state index contributed by atoms with van der Waals surface area (Å²) in [4.78, 5) is 19.4. The highest BCUT2D eigenvalue weighted by Gasteiger charge is 2.31. The summed E-state index contributed by atoms with van der Waals surface area (Å²) < 4.78 is 45.9. The fourth-order valence-corrected chi connectivity index (χ4v) is 3.84. The number of ether oxygens (including phenoxy) is 2. The molecule has 0 saturated carbocycles. The van der Waals surface area contributed by atoms with Gasteiger partial charge in [0.25, 0.3) is 5.91 Å². The molecule has 0 unspecified atom stereocenters. The van der Waals surface area contributed by atoms with Crippen molar-refractivity contribution < 1.29 is 27.4 Å². The normalized spacial score (nSPS) is 16.4. The molecular weight excluding hydrogens is 449 g/mol. The summed E-state index contributed by atoms with van der Waals surface area (Å²) in [6.45, 7) is 6.57. The molecule has 0 spiro atoms. The van der Waals surface area contributed by atoms with E-state index in [1.807, 2.05) is 19.1 Å². The fourth-order valence-electron chi connectivity index (χ4n) is 3.84. The summed E-state index contributed by atoms with van der Waals surface area (Å²) in [6.07, 6.45) is -4.76. The Bertz CT molecular complexity index is 1170. The van der Waals surface area contributed by atoms with E-state index < -0.39 is 12.3 Å². The van der Waals surface area contributed by atoms with Gasteiger partial charge in [-0.2, -0.15) is 0 Å². The number of fused-ring (bicyclic) bond motifs is 1. The third-order valence-corrected chi connectivity index (χ3v) is 5.41. The topological polar surface area (TPSA) is 75.7 Å². The minimum absolute atomic E-state index is 0.248. The smallest absolute Gasteiger partial charge is 0.484 e. The molecule has 0 radical (unpaired) electrons. The molecule has 1 saturated heterocycles. The number of halogens is 3. The molecule has 1 atom stereocenters. The second-order valence-corrected chi connectivity index (χ2v) is 8.19. The van der Waals surface area contributed by atoms with Crippen LogP contribution in [0.1, 0.15) is 12.5 Å². The maximum atomic E-state index is 12.3. The lowest BCUT2D eigenvalue weighted by molar-refractivity contribution is -0.274. The molecule has 7 nitrogen and oxygen atoms in total. The molecule has 2 heterocycles. The molecule has 180 valence electrons. The maximum absolute atomic E-state index is 12.3. The molecule has 10 heteroatoms. The minimum Gasteiger partial charge on any atom is -0.484 e. The van der Waals surface area contributed by atoms with Crippen LogP contribution in [0.25, 0.3) is 10.9 Å². The monoisotopic (exact) mass is 474 g/mol. The van der Waals surface area contributed by atoms with Crippen molar-refractivity contribution >= 4 is 28.3 Å². The number of aryl methyl sites for hydroxylation is 1. The summed E-state index contributed by atoms with van der Waals surface area (Å²) in [5.74, 6) is 0.430. The number of carbonyl (C=O) groups excluding carboxylic acids is 1. The number of carbonyl (C=O) groups is 1. The molecule has 4 rings (SSSR count). The highest BCUT2D eigenvalue weighted by molar-refractivity contribution is 5.95. The molecule has 1 amide bonds. The van der Waals surface area contributed by atoms with Crippen LogP contribution >= 0.6 is 0 Å². The SMILES string of the molecule is Cc1cc(N2CCN[C@@H](C)C2)nc2ccc(NC(=O)COc3ccc(OC(F)(F)F)cc3)cc12. The van der Waals surface area contributed by atoms with Crippen molar-refractivity contribution in [3.8, 4) is 11.5 Å². The Balaban J connectivity index is 1.37. The van der Waals surface area contributed by atoms with Gasteiger partial charge in [0.2, 0.25) is 0 Å². The third kappa shape index (κ3) is 6.07. The van der Waals surface area contributed by atoms with Gasteiger partial charge in [0.15, 0.2) is 6.61 Å². The van der Waals surface area contributed by atoms with Crippen LogP contribution in [0.4, 0.5) is 24.7 Å². The van der Waals surface area contributed by atoms with Gasteiger partial charge in [-0.3, -0.25) is 4.79 Å². The van der Waals surface area contributed by atoms with Crippen LogP contribution in [0.5, 0.6) is 11.5 Å². The predicted molar refractivity (Wildman–Crippen MR) is 123 cm³/mol. The van der Waals surface area contributed by atoms with Crippen molar-refractivity contribution in [2.45, 2.75) is 26.3 Å². The molecule has 2 aromatic carbocycles. The number of alkyl halides is 3. The van der Waals surface area contributed by atoms with Crippen LogP contribution in [0.2, 0.25) is 0 Å². The van der Waals surface area contributed by atoms with E-state index in [4.69, 9.17) is 9.72 Å². The lowest BCUT2D eigenvalue weighted by atomic mass is 10.1. The lowest BCUT2D eigenvalue weighted by Crippen LogP contribution is -2.49. The summed E-state index contributed by atoms with van der Waals surface area (Å²) in [7, 11) is 0. The standard InChI is InChI=1S/C24H25F3N4O3/c1-15-11-22(31-10-9-28-16(2)13-31)30-21-8-3-17(12-20(15)21)29-23(32)14-33-18-4-6-19(7-5-18)34-24(25,26)27/h3-8,11-12,16,28H,9-10,13-14H2,1-2H3,(H,29,32)/t16-/m0/s1. The van der Waals surface area contributed by atoms with Gasteiger partial charge in [0.1, 0.15) is 17.3 Å². The van der Waals surface area contributed by atoms with Gasteiger partial charge in [-0.05, 0) is 67.9 Å². The van der Waals surface area contributed by atoms with Crippen LogP contribution in [0, 0.1) is 6.92 Å². The Hall–Kier alpha value is -3.53. The van der Waals surface area contributed by atoms with Gasteiger partial charge in [-0.15, -0.1) is 13.2 Å². The summed E-state index contributed by atoms with van der Waals surface area (Å²) in [6, 6.07) is 12.8. The van der Waals surface area contributed by atoms with Crippen LogP contribution in [-0.4, -0.2) is 49.5 Å². The van der Waals surface area contributed by atoms with Crippen molar-refractivity contribution in [2.75, 3.05) is 36.5 Å². The van der Waals surface area contributed by atoms with Crippen LogP contribution in [0.3, 0.4) is 0 Å². The molecule has 1 aromatic heterocycles. The molecule has 0 aliphatic carbocycles. The van der Waals surface area contributed by atoms with E-state index in [9.17, 15) is 18.0 Å². The van der Waals surface area contributed by atoms with Gasteiger partial charge in [-0.1, -0.05) is 0 Å². The fraction of sp³-hybridized carbons (Fsp3) is 0.333. The molecule has 1 aliphatic rings. The van der Waals surface area contributed by atoms with Crippen LogP contribution < -0.4 is 25.0 Å². The first kappa shape index (κ1) is 23.6. The molecule has 3 aromatic rings. The van der Waals surface area contributed by atoms with Gasteiger partial charge >= 0.3 is 6.36 Å². The Morgan fingerprint density at radius 2 is 1.91 bits per heavy atom. The lowest BCUT2D eigenvalue weighted by Gasteiger charge is -2.33. The molecule has 2 N–H and O–H groups in total. The van der Waals surface area contributed by atoms with E-state index in [2.05, 4.69) is 33.3 Å². The summed E-state index contributed by atoms with van der Waals surface area (Å²) in [5, 5.41) is 7.13. The number of rotatable bonds is 6. The van der Waals surface area contributed by atoms with Crippen molar-refractivity contribution in [2.24, 2.45) is 0 Å². The van der Waals surface area contributed by atoms with Gasteiger partial charge in [0.05, 0.1) is 5.52 Å². The van der Waals surface area contributed by atoms with E-state index in [1.165, 1.54) is 12.1 Å². The summed E-state index contributed by atoms with van der Waals surface area (Å²) in [5.41, 5.74) is 2.50. The zero-order valence-corrected chi connectivity index (χ0v) is 18.8. The first-order valence-corrected chi connectivity index (χ1v) is 10.8. The number of anilines is 2. The molecule has 0 bridgehead atoms. The number of amides is 1. The Labute approximate surface area is 194 Å². The minimum atomic E-state index is -4.76. The average Bonchev–Trinajstić information content (AvgIpc) is 2.78. The first-order chi connectivity index (χ1) is 16.2. The zero-order valence-electron chi connectivity index (χ0n) is 18.8. The van der Waals surface area contributed by atoms with Crippen molar-refractivity contribution in [3.63, 3.8) is 0 Å². The number of nitrogens with one attached hydrogen (secondary N) is 2. The number of pyridine rings is 1. The number of hydrogen-bond acceptors (Lipinski definition) is 6. The van der Waals surface area contributed by atoms with Crippen LogP contribution in [-0.2, 0) is 4.79 Å². The zero-order chi connectivity index (χ0) is 24.3. The highest BCUT2D eigenvalue weighted by atomic mass is 19.4. The van der Waals surface area contributed by atoms with E-state index in [-0.39, 0.29) is 18.1 Å². The Kier molecular flexibility index (Phi) is 6.78. The van der Waals surface area contributed by atoms with Crippen molar-refractivity contribution in [3.05, 3.63) is 54.1 Å². The number of piperazine rings is 1. The van der Waals surface area contributed by atoms with E-state index in [0.29, 0.717) is 11.7 Å². The van der Waals surface area contributed by atoms with Crippen molar-refractivity contribution in [1.29, 1.82) is 0 Å². The van der Waals surface area contributed by atoms with Crippen LogP contribution in [0.15, 0.2) is 48.5 Å². The predicted octanol–water partition coefficient (Wildman–Crippen LogP) is 4.26. The number of nitrogens with zero attached hydrogens (tertiary/aromatic N) is 2. The van der Waals surface area contributed by atoms with E-state index in [0.717, 1.165) is 54.1 Å². The van der Waals surface area contributed by atoms with Gasteiger partial charge in [-0.25, -0.2) is 4.98 Å². The first-order valence-electron chi connectivity index (χ1n) is 10.8. The molecule has 1 fully saturated rings. The second kappa shape index (κ2) is 9.76. The number of hydrogen-bond donors (Lipinski definition) is 2.